The molecule has 86 valence electrons. The summed E-state index contributed by atoms with van der Waals surface area (Å²) in [7, 11) is 1.53. The Labute approximate surface area is 89.4 Å². The van der Waals surface area contributed by atoms with Gasteiger partial charge in [0.15, 0.2) is 0 Å². The van der Waals surface area contributed by atoms with Crippen molar-refractivity contribution in [2.24, 2.45) is 5.92 Å². The molecule has 5 nitrogen and oxygen atoms in total. The Morgan fingerprint density at radius 2 is 2.27 bits per heavy atom. The van der Waals surface area contributed by atoms with Crippen molar-refractivity contribution in [1.82, 2.24) is 10.2 Å². The third-order valence-corrected chi connectivity index (χ3v) is 2.73. The first-order valence-corrected chi connectivity index (χ1v) is 5.26. The summed E-state index contributed by atoms with van der Waals surface area (Å²) >= 11 is 0. The summed E-state index contributed by atoms with van der Waals surface area (Å²) in [6.07, 6.45) is 2.43. The number of rotatable bonds is 5. The van der Waals surface area contributed by atoms with Gasteiger partial charge < -0.3 is 15.3 Å². The fourth-order valence-corrected chi connectivity index (χ4v) is 1.77. The Morgan fingerprint density at radius 3 is 2.80 bits per heavy atom. The molecule has 0 aromatic rings. The summed E-state index contributed by atoms with van der Waals surface area (Å²) in [4.78, 5) is 23.1. The number of nitrogens with one attached hydrogen (secondary N) is 1. The summed E-state index contributed by atoms with van der Waals surface area (Å²) in [6, 6.07) is 0. The van der Waals surface area contributed by atoms with Gasteiger partial charge in [0.05, 0.1) is 0 Å². The zero-order valence-electron chi connectivity index (χ0n) is 9.03. The topological polar surface area (TPSA) is 69.6 Å². The van der Waals surface area contributed by atoms with Crippen LogP contribution in [-0.2, 0) is 9.59 Å². The van der Waals surface area contributed by atoms with Crippen molar-refractivity contribution >= 4 is 11.9 Å². The number of carbonyl (C=O) groups excluding carboxylic acids is 1. The monoisotopic (exact) mass is 214 g/mol. The molecule has 0 saturated carbocycles. The Kier molecular flexibility index (Phi) is 4.55. The van der Waals surface area contributed by atoms with Gasteiger partial charge in [0.2, 0.25) is 5.91 Å². The zero-order valence-corrected chi connectivity index (χ0v) is 9.03. The second kappa shape index (κ2) is 5.70. The molecule has 0 aliphatic carbocycles. The van der Waals surface area contributed by atoms with Crippen LogP contribution in [0.3, 0.4) is 0 Å². The second-order valence-electron chi connectivity index (χ2n) is 4.04. The second-order valence-corrected chi connectivity index (χ2v) is 4.04. The first-order chi connectivity index (χ1) is 7.09. The molecule has 1 unspecified atom stereocenters. The Balaban J connectivity index is 2.19. The van der Waals surface area contributed by atoms with E-state index < -0.39 is 5.97 Å². The van der Waals surface area contributed by atoms with Crippen molar-refractivity contribution in [2.45, 2.75) is 19.3 Å². The minimum Gasteiger partial charge on any atom is -0.480 e. The van der Waals surface area contributed by atoms with E-state index >= 15 is 0 Å². The first kappa shape index (κ1) is 12.0. The van der Waals surface area contributed by atoms with Gasteiger partial charge in [-0.05, 0) is 31.8 Å². The van der Waals surface area contributed by atoms with Crippen molar-refractivity contribution in [2.75, 3.05) is 26.7 Å². The van der Waals surface area contributed by atoms with E-state index in [1.54, 1.807) is 0 Å². The maximum absolute atomic E-state index is 11.5. The molecular weight excluding hydrogens is 196 g/mol. The Hall–Kier alpha value is -1.10. The molecule has 1 rings (SSSR count). The van der Waals surface area contributed by atoms with Crippen molar-refractivity contribution < 1.29 is 14.7 Å². The molecular formula is C10H18N2O3. The van der Waals surface area contributed by atoms with E-state index in [0.29, 0.717) is 12.3 Å². The van der Waals surface area contributed by atoms with Crippen molar-refractivity contribution in [3.05, 3.63) is 0 Å². The number of hydrogen-bond acceptors (Lipinski definition) is 3. The highest BCUT2D eigenvalue weighted by Crippen LogP contribution is 2.14. The normalized spacial score (nSPS) is 20.2. The number of carbonyl (C=O) groups is 2. The van der Waals surface area contributed by atoms with Crippen LogP contribution >= 0.6 is 0 Å². The standard InChI is InChI=1S/C10H18N2O3/c1-12(7-10(14)15)9(13)3-2-8-4-5-11-6-8/h8,11H,2-7H2,1H3,(H,14,15). The number of amides is 1. The predicted octanol–water partition coefficient (Wildman–Crippen LogP) is -0.0809. The van der Waals surface area contributed by atoms with Crippen LogP contribution in [0.15, 0.2) is 0 Å². The number of carboxylic acid groups (broad SMARTS) is 1. The first-order valence-electron chi connectivity index (χ1n) is 5.26. The number of hydrogen-bond donors (Lipinski definition) is 2. The highest BCUT2D eigenvalue weighted by molar-refractivity contribution is 5.80. The molecule has 0 aromatic heterocycles. The van der Waals surface area contributed by atoms with Gasteiger partial charge in [-0.2, -0.15) is 0 Å². The molecule has 1 amide bonds. The molecule has 2 N–H and O–H groups in total. The van der Waals surface area contributed by atoms with E-state index in [9.17, 15) is 9.59 Å². The number of carboxylic acids is 1. The molecule has 1 aliphatic rings. The van der Waals surface area contributed by atoms with Gasteiger partial charge in [-0.1, -0.05) is 0 Å². The zero-order chi connectivity index (χ0) is 11.3. The lowest BCUT2D eigenvalue weighted by molar-refractivity contribution is -0.143. The van der Waals surface area contributed by atoms with Crippen LogP contribution < -0.4 is 5.32 Å². The fraction of sp³-hybridized carbons (Fsp3) is 0.800. The predicted molar refractivity (Wildman–Crippen MR) is 55.5 cm³/mol. The molecule has 5 heteroatoms. The van der Waals surface area contributed by atoms with Crippen LogP contribution in [0.1, 0.15) is 19.3 Å². The minimum atomic E-state index is -0.964. The number of nitrogens with zero attached hydrogens (tertiary/aromatic N) is 1. The molecule has 1 aliphatic heterocycles. The summed E-state index contributed by atoms with van der Waals surface area (Å²) in [6.45, 7) is 1.81. The van der Waals surface area contributed by atoms with Crippen molar-refractivity contribution in [3.63, 3.8) is 0 Å². The molecule has 1 fully saturated rings. The van der Waals surface area contributed by atoms with E-state index in [-0.39, 0.29) is 12.5 Å². The third kappa shape index (κ3) is 4.29. The fourth-order valence-electron chi connectivity index (χ4n) is 1.77. The highest BCUT2D eigenvalue weighted by Gasteiger charge is 2.17. The smallest absolute Gasteiger partial charge is 0.323 e. The third-order valence-electron chi connectivity index (χ3n) is 2.73. The van der Waals surface area contributed by atoms with Gasteiger partial charge in [0.1, 0.15) is 6.54 Å². The molecule has 15 heavy (non-hydrogen) atoms. The molecule has 1 heterocycles. The Bertz CT molecular complexity index is 237. The molecule has 0 bridgehead atoms. The van der Waals surface area contributed by atoms with Crippen molar-refractivity contribution in [1.29, 1.82) is 0 Å². The maximum atomic E-state index is 11.5. The van der Waals surface area contributed by atoms with Crippen molar-refractivity contribution in [3.8, 4) is 0 Å². The van der Waals surface area contributed by atoms with Crippen LogP contribution in [0.2, 0.25) is 0 Å². The van der Waals surface area contributed by atoms with Gasteiger partial charge in [-0.3, -0.25) is 9.59 Å². The van der Waals surface area contributed by atoms with E-state index in [0.717, 1.165) is 25.9 Å². The van der Waals surface area contributed by atoms with Gasteiger partial charge in [0, 0.05) is 13.5 Å². The maximum Gasteiger partial charge on any atom is 0.323 e. The van der Waals surface area contributed by atoms with Gasteiger partial charge in [-0.25, -0.2) is 0 Å². The lowest BCUT2D eigenvalue weighted by atomic mass is 10.0. The number of likely N-dealkylation sites (N-methyl/N-ethyl adjacent to an activating group) is 1. The minimum absolute atomic E-state index is 0.0794. The van der Waals surface area contributed by atoms with Crippen LogP contribution in [0.5, 0.6) is 0 Å². The highest BCUT2D eigenvalue weighted by atomic mass is 16.4. The molecule has 1 atom stereocenters. The quantitative estimate of drug-likeness (QED) is 0.671. The SMILES string of the molecule is CN(CC(=O)O)C(=O)CCC1CCNC1. The summed E-state index contributed by atoms with van der Waals surface area (Å²) in [5, 5.41) is 11.7. The summed E-state index contributed by atoms with van der Waals surface area (Å²) in [5.41, 5.74) is 0. The van der Waals surface area contributed by atoms with Crippen LogP contribution in [0.25, 0.3) is 0 Å². The number of aliphatic carboxylic acids is 1. The van der Waals surface area contributed by atoms with Crippen LogP contribution in [0, 0.1) is 5.92 Å². The van der Waals surface area contributed by atoms with Gasteiger partial charge in [0.25, 0.3) is 0 Å². The summed E-state index contributed by atoms with van der Waals surface area (Å²) in [5.74, 6) is -0.468. The van der Waals surface area contributed by atoms with Crippen LogP contribution in [-0.4, -0.2) is 48.6 Å². The molecule has 1 saturated heterocycles. The summed E-state index contributed by atoms with van der Waals surface area (Å²) < 4.78 is 0. The van der Waals surface area contributed by atoms with E-state index in [4.69, 9.17) is 5.11 Å². The van der Waals surface area contributed by atoms with E-state index in [1.807, 2.05) is 0 Å². The van der Waals surface area contributed by atoms with E-state index in [2.05, 4.69) is 5.32 Å². The molecule has 0 aromatic carbocycles. The Morgan fingerprint density at radius 1 is 1.53 bits per heavy atom. The van der Waals surface area contributed by atoms with Gasteiger partial charge in [-0.15, -0.1) is 0 Å². The van der Waals surface area contributed by atoms with Gasteiger partial charge >= 0.3 is 5.97 Å². The van der Waals surface area contributed by atoms with Crippen LogP contribution in [0.4, 0.5) is 0 Å². The average Bonchev–Trinajstić information content (AvgIpc) is 2.65. The molecule has 0 radical (unpaired) electrons. The lowest BCUT2D eigenvalue weighted by Gasteiger charge is -2.15. The van der Waals surface area contributed by atoms with E-state index in [1.165, 1.54) is 11.9 Å². The largest absolute Gasteiger partial charge is 0.480 e. The average molecular weight is 214 g/mol. The molecule has 0 spiro atoms. The lowest BCUT2D eigenvalue weighted by Crippen LogP contribution is -2.32.